The Hall–Kier alpha value is -3.58. The minimum atomic E-state index is -0.500. The third-order valence-electron chi connectivity index (χ3n) is 5.45. The molecule has 1 aliphatic heterocycles. The van der Waals surface area contributed by atoms with Crippen molar-refractivity contribution in [1.29, 1.82) is 0 Å². The molecule has 0 saturated heterocycles. The highest BCUT2D eigenvalue weighted by Crippen LogP contribution is 2.27. The van der Waals surface area contributed by atoms with Gasteiger partial charge in [-0.15, -0.1) is 0 Å². The van der Waals surface area contributed by atoms with E-state index in [4.69, 9.17) is 0 Å². The first-order valence-corrected chi connectivity index (χ1v) is 9.85. The van der Waals surface area contributed by atoms with Gasteiger partial charge in [-0.25, -0.2) is 0 Å². The van der Waals surface area contributed by atoms with Crippen LogP contribution >= 0.6 is 0 Å². The van der Waals surface area contributed by atoms with E-state index >= 15 is 0 Å². The maximum Gasteiger partial charge on any atom is 0.270 e. The van der Waals surface area contributed by atoms with E-state index in [0.29, 0.717) is 6.54 Å². The first-order valence-electron chi connectivity index (χ1n) is 9.85. The number of rotatable bonds is 6. The summed E-state index contributed by atoms with van der Waals surface area (Å²) in [4.78, 5) is 29.8. The van der Waals surface area contributed by atoms with Crippen molar-refractivity contribution in [2.75, 3.05) is 13.1 Å². The Morgan fingerprint density at radius 1 is 1.13 bits per heavy atom. The standard InChI is InChI=1S/C23H22N4O3/c28-23(18-7-3-9-21(13-18)27(29)30)25-15-22(19-8-4-11-24-14-19)26-12-10-17-5-1-2-6-20(17)16-26/h1-9,11,13-14,22H,10,12,15-16H2,(H,25,28). The van der Waals surface area contributed by atoms with E-state index in [0.717, 1.165) is 25.1 Å². The number of nitrogens with zero attached hydrogens (tertiary/aromatic N) is 3. The lowest BCUT2D eigenvalue weighted by atomic mass is 9.97. The van der Waals surface area contributed by atoms with Gasteiger partial charge < -0.3 is 5.32 Å². The molecule has 0 fully saturated rings. The van der Waals surface area contributed by atoms with Gasteiger partial charge in [-0.05, 0) is 35.2 Å². The molecule has 4 rings (SSSR count). The molecule has 1 amide bonds. The molecule has 0 aliphatic carbocycles. The van der Waals surface area contributed by atoms with E-state index < -0.39 is 4.92 Å². The maximum absolute atomic E-state index is 12.7. The topological polar surface area (TPSA) is 88.4 Å². The fraction of sp³-hybridized carbons (Fsp3) is 0.217. The summed E-state index contributed by atoms with van der Waals surface area (Å²) >= 11 is 0. The Labute approximate surface area is 174 Å². The van der Waals surface area contributed by atoms with Crippen LogP contribution in [0, 0.1) is 10.1 Å². The third kappa shape index (κ3) is 4.36. The number of nitro benzene ring substituents is 1. The predicted molar refractivity (Wildman–Crippen MR) is 113 cm³/mol. The van der Waals surface area contributed by atoms with Crippen LogP contribution < -0.4 is 5.32 Å². The molecular formula is C23H22N4O3. The summed E-state index contributed by atoms with van der Waals surface area (Å²) in [6, 6.07) is 18.0. The van der Waals surface area contributed by atoms with E-state index in [1.165, 1.54) is 29.3 Å². The minimum absolute atomic E-state index is 0.0466. The largest absolute Gasteiger partial charge is 0.350 e. The molecule has 1 atom stereocenters. The van der Waals surface area contributed by atoms with Gasteiger partial charge in [0.2, 0.25) is 0 Å². The Bertz CT molecular complexity index is 1060. The molecule has 0 saturated carbocycles. The molecule has 2 heterocycles. The average molecular weight is 402 g/mol. The van der Waals surface area contributed by atoms with Crippen LogP contribution in [0.5, 0.6) is 0 Å². The molecule has 2 aromatic carbocycles. The molecule has 152 valence electrons. The molecule has 0 bridgehead atoms. The van der Waals surface area contributed by atoms with Gasteiger partial charge in [-0.3, -0.25) is 24.8 Å². The lowest BCUT2D eigenvalue weighted by Crippen LogP contribution is -2.40. The highest BCUT2D eigenvalue weighted by atomic mass is 16.6. The van der Waals surface area contributed by atoms with Gasteiger partial charge in [0.05, 0.1) is 11.0 Å². The molecular weight excluding hydrogens is 380 g/mol. The zero-order valence-corrected chi connectivity index (χ0v) is 16.4. The van der Waals surface area contributed by atoms with Crippen LogP contribution in [-0.4, -0.2) is 33.8 Å². The van der Waals surface area contributed by atoms with Gasteiger partial charge in [-0.2, -0.15) is 0 Å². The molecule has 30 heavy (non-hydrogen) atoms. The van der Waals surface area contributed by atoms with Crippen LogP contribution in [0.25, 0.3) is 0 Å². The molecule has 7 nitrogen and oxygen atoms in total. The van der Waals surface area contributed by atoms with Crippen molar-refractivity contribution in [3.05, 3.63) is 105 Å². The number of pyridine rings is 1. The van der Waals surface area contributed by atoms with Crippen LogP contribution in [0.2, 0.25) is 0 Å². The van der Waals surface area contributed by atoms with E-state index in [-0.39, 0.29) is 23.2 Å². The smallest absolute Gasteiger partial charge is 0.270 e. The Morgan fingerprint density at radius 2 is 1.97 bits per heavy atom. The number of hydrogen-bond acceptors (Lipinski definition) is 5. The number of amides is 1. The molecule has 1 aromatic heterocycles. The van der Waals surface area contributed by atoms with Crippen LogP contribution in [0.15, 0.2) is 73.1 Å². The normalized spacial score (nSPS) is 14.5. The Kier molecular flexibility index (Phi) is 5.81. The van der Waals surface area contributed by atoms with Crippen LogP contribution in [-0.2, 0) is 13.0 Å². The molecule has 1 N–H and O–H groups in total. The zero-order chi connectivity index (χ0) is 20.9. The van der Waals surface area contributed by atoms with Crippen LogP contribution in [0.1, 0.15) is 33.1 Å². The summed E-state index contributed by atoms with van der Waals surface area (Å²) in [5.74, 6) is -0.329. The summed E-state index contributed by atoms with van der Waals surface area (Å²) in [6.07, 6.45) is 4.50. The van der Waals surface area contributed by atoms with Crippen molar-refractivity contribution in [1.82, 2.24) is 15.2 Å². The second-order valence-corrected chi connectivity index (χ2v) is 7.31. The minimum Gasteiger partial charge on any atom is -0.350 e. The number of fused-ring (bicyclic) bond motifs is 1. The van der Waals surface area contributed by atoms with Gasteiger partial charge in [0.1, 0.15) is 0 Å². The molecule has 3 aromatic rings. The highest BCUT2D eigenvalue weighted by Gasteiger charge is 2.25. The fourth-order valence-electron chi connectivity index (χ4n) is 3.87. The summed E-state index contributed by atoms with van der Waals surface area (Å²) in [7, 11) is 0. The number of nitrogens with one attached hydrogen (secondary N) is 1. The lowest BCUT2D eigenvalue weighted by Gasteiger charge is -2.36. The van der Waals surface area contributed by atoms with Gasteiger partial charge in [0.15, 0.2) is 0 Å². The Morgan fingerprint density at radius 3 is 2.73 bits per heavy atom. The number of benzene rings is 2. The average Bonchev–Trinajstić information content (AvgIpc) is 2.79. The third-order valence-corrected chi connectivity index (χ3v) is 5.45. The number of nitro groups is 1. The Balaban J connectivity index is 1.52. The van der Waals surface area contributed by atoms with Crippen molar-refractivity contribution < 1.29 is 9.72 Å². The molecule has 1 unspecified atom stereocenters. The van der Waals surface area contributed by atoms with Gasteiger partial charge in [-0.1, -0.05) is 36.4 Å². The number of non-ortho nitro benzene ring substituents is 1. The van der Waals surface area contributed by atoms with Crippen molar-refractivity contribution in [3.63, 3.8) is 0 Å². The second-order valence-electron chi connectivity index (χ2n) is 7.31. The maximum atomic E-state index is 12.7. The number of hydrogen-bond donors (Lipinski definition) is 1. The summed E-state index contributed by atoms with van der Waals surface area (Å²) in [5, 5.41) is 13.9. The van der Waals surface area contributed by atoms with Crippen molar-refractivity contribution in [2.24, 2.45) is 0 Å². The van der Waals surface area contributed by atoms with E-state index in [1.807, 2.05) is 24.4 Å². The first kappa shape index (κ1) is 19.7. The molecule has 0 spiro atoms. The lowest BCUT2D eigenvalue weighted by molar-refractivity contribution is -0.384. The van der Waals surface area contributed by atoms with Crippen LogP contribution in [0.4, 0.5) is 5.69 Å². The van der Waals surface area contributed by atoms with Gasteiger partial charge in [0, 0.05) is 49.7 Å². The zero-order valence-electron chi connectivity index (χ0n) is 16.4. The number of aromatic nitrogens is 1. The summed E-state index contributed by atoms with van der Waals surface area (Å²) in [5.41, 5.74) is 3.86. The second kappa shape index (κ2) is 8.84. The quantitative estimate of drug-likeness (QED) is 0.503. The number of carbonyl (C=O) groups excluding carboxylic acids is 1. The fourth-order valence-corrected chi connectivity index (χ4v) is 3.87. The van der Waals surface area contributed by atoms with Crippen molar-refractivity contribution in [3.8, 4) is 0 Å². The molecule has 1 aliphatic rings. The van der Waals surface area contributed by atoms with E-state index in [9.17, 15) is 14.9 Å². The van der Waals surface area contributed by atoms with Crippen molar-refractivity contribution >= 4 is 11.6 Å². The van der Waals surface area contributed by atoms with Crippen LogP contribution in [0.3, 0.4) is 0 Å². The number of carbonyl (C=O) groups is 1. The molecule has 7 heteroatoms. The predicted octanol–water partition coefficient (Wildman–Crippen LogP) is 3.52. The first-order chi connectivity index (χ1) is 14.6. The van der Waals surface area contributed by atoms with E-state index in [1.54, 1.807) is 12.3 Å². The SMILES string of the molecule is O=C(NCC(c1cccnc1)N1CCc2ccccc2C1)c1cccc([N+](=O)[O-])c1. The van der Waals surface area contributed by atoms with E-state index in [2.05, 4.69) is 33.4 Å². The van der Waals surface area contributed by atoms with Gasteiger partial charge >= 0.3 is 0 Å². The summed E-state index contributed by atoms with van der Waals surface area (Å²) < 4.78 is 0. The monoisotopic (exact) mass is 402 g/mol. The summed E-state index contributed by atoms with van der Waals surface area (Å²) in [6.45, 7) is 2.06. The van der Waals surface area contributed by atoms with Gasteiger partial charge in [0.25, 0.3) is 11.6 Å². The highest BCUT2D eigenvalue weighted by molar-refractivity contribution is 5.94. The molecule has 0 radical (unpaired) electrons. The van der Waals surface area contributed by atoms with Crippen molar-refractivity contribution in [2.45, 2.75) is 19.0 Å².